The molecule has 37 heavy (non-hydrogen) atoms. The van der Waals surface area contributed by atoms with Crippen LogP contribution in [0.1, 0.15) is 12.6 Å². The van der Waals surface area contributed by atoms with Crippen molar-refractivity contribution in [2.75, 3.05) is 7.11 Å². The number of methoxy groups -OCH3 is 1. The molecule has 0 saturated heterocycles. The molecule has 2 aromatic carbocycles. The fourth-order valence-electron chi connectivity index (χ4n) is 4.50. The fourth-order valence-corrected chi connectivity index (χ4v) is 4.50. The summed E-state index contributed by atoms with van der Waals surface area (Å²) in [6, 6.07) is 13.5. The minimum absolute atomic E-state index is 0. The largest absolute Gasteiger partial charge is 0.497 e. The number of rotatable bonds is 5. The highest BCUT2D eigenvalue weighted by atomic mass is 19.1. The lowest BCUT2D eigenvalue weighted by atomic mass is 10.0. The third-order valence-corrected chi connectivity index (χ3v) is 6.53. The van der Waals surface area contributed by atoms with Crippen LogP contribution in [0.5, 0.6) is 17.2 Å². The van der Waals surface area contributed by atoms with Crippen LogP contribution in [0.3, 0.4) is 0 Å². The van der Waals surface area contributed by atoms with E-state index in [0.717, 1.165) is 11.1 Å². The second-order valence-electron chi connectivity index (χ2n) is 9.10. The average molecular weight is 502 g/mol. The van der Waals surface area contributed by atoms with Crippen molar-refractivity contribution in [1.29, 1.82) is 0 Å². The summed E-state index contributed by atoms with van der Waals surface area (Å²) < 4.78 is 29.3. The van der Waals surface area contributed by atoms with Gasteiger partial charge in [0.25, 0.3) is 11.1 Å². The average Bonchev–Trinajstić information content (AvgIpc) is 3.32. The van der Waals surface area contributed by atoms with Crippen LogP contribution in [0.2, 0.25) is 0 Å². The van der Waals surface area contributed by atoms with Crippen LogP contribution < -0.4 is 20.6 Å². The molecule has 3 heterocycles. The van der Waals surface area contributed by atoms with E-state index in [1.807, 2.05) is 32.0 Å². The Hall–Kier alpha value is -4.59. The van der Waals surface area contributed by atoms with Crippen LogP contribution >= 0.6 is 0 Å². The van der Waals surface area contributed by atoms with Gasteiger partial charge in [-0.1, -0.05) is 18.2 Å². The second kappa shape index (κ2) is 9.13. The van der Waals surface area contributed by atoms with Crippen molar-refractivity contribution in [3.8, 4) is 39.6 Å². The van der Waals surface area contributed by atoms with Gasteiger partial charge in [-0.15, -0.1) is 0 Å². The Bertz CT molecular complexity index is 1780. The number of aromatic nitrogens is 3. The Labute approximate surface area is 213 Å². The van der Waals surface area contributed by atoms with Crippen molar-refractivity contribution in [1.82, 2.24) is 14.1 Å². The summed E-state index contributed by atoms with van der Waals surface area (Å²) in [5.74, 6) is 1.17. The number of nitrogens with one attached hydrogen (secondary N) is 1. The van der Waals surface area contributed by atoms with Gasteiger partial charge in [-0.2, -0.15) is 0 Å². The van der Waals surface area contributed by atoms with E-state index in [1.165, 1.54) is 34.4 Å². The Morgan fingerprint density at radius 1 is 0.892 bits per heavy atom. The first-order chi connectivity index (χ1) is 17.7. The molecule has 1 N–H and O–H groups in total. The maximum absolute atomic E-state index is 14.8. The van der Waals surface area contributed by atoms with Gasteiger partial charge < -0.3 is 23.6 Å². The molecule has 0 spiro atoms. The molecule has 0 amide bonds. The van der Waals surface area contributed by atoms with Gasteiger partial charge >= 0.3 is 0 Å². The monoisotopic (exact) mass is 501 g/mol. The van der Waals surface area contributed by atoms with Gasteiger partial charge in [-0.05, 0) is 49.2 Å². The van der Waals surface area contributed by atoms with Crippen LogP contribution in [0, 0.1) is 19.7 Å². The molecule has 0 aliphatic heterocycles. The number of aryl methyl sites for hydroxylation is 4. The first kappa shape index (κ1) is 24.1. The maximum Gasteiger partial charge on any atom is 0.274 e. The summed E-state index contributed by atoms with van der Waals surface area (Å²) in [6.45, 7) is 3.91. The molecule has 5 aromatic rings. The van der Waals surface area contributed by atoms with Gasteiger partial charge in [-0.3, -0.25) is 9.59 Å². The number of hydrogen-bond acceptors (Lipinski definition) is 4. The third kappa shape index (κ3) is 4.20. The van der Waals surface area contributed by atoms with Crippen LogP contribution in [-0.2, 0) is 14.1 Å². The van der Waals surface area contributed by atoms with Crippen LogP contribution in [0.4, 0.5) is 4.39 Å². The maximum atomic E-state index is 14.8. The molecule has 5 rings (SSSR count). The fraction of sp³-hybridized carbons (Fsp3) is 0.172. The standard InChI is InChI=1S/C29H26FN3O4.H2/c1-16-7-6-8-17(2)28(16)37-25-15-32(3)26(34)13-19(25)22-14-33(4)29(35)27-20(22)12-24(31-27)21-11-18(36-5)9-10-23(21)30;/h6-15,31H,1-5H3;1H. The predicted molar refractivity (Wildman–Crippen MR) is 144 cm³/mol. The molecule has 0 saturated carbocycles. The van der Waals surface area contributed by atoms with E-state index in [1.54, 1.807) is 38.6 Å². The summed E-state index contributed by atoms with van der Waals surface area (Å²) in [6.07, 6.45) is 3.30. The van der Waals surface area contributed by atoms with Crippen molar-refractivity contribution in [2.24, 2.45) is 14.1 Å². The minimum atomic E-state index is -0.460. The van der Waals surface area contributed by atoms with Crippen molar-refractivity contribution >= 4 is 10.9 Å². The highest BCUT2D eigenvalue weighted by molar-refractivity contribution is 5.98. The Morgan fingerprint density at radius 3 is 2.32 bits per heavy atom. The van der Waals surface area contributed by atoms with E-state index in [9.17, 15) is 14.0 Å². The van der Waals surface area contributed by atoms with Crippen molar-refractivity contribution < 1.29 is 15.3 Å². The summed E-state index contributed by atoms with van der Waals surface area (Å²) in [5.41, 5.74) is 3.46. The molecule has 7 nitrogen and oxygen atoms in total. The van der Waals surface area contributed by atoms with Gasteiger partial charge in [0.05, 0.1) is 13.3 Å². The highest BCUT2D eigenvalue weighted by Gasteiger charge is 2.20. The minimum Gasteiger partial charge on any atom is -0.497 e. The van der Waals surface area contributed by atoms with E-state index in [2.05, 4.69) is 4.98 Å². The van der Waals surface area contributed by atoms with E-state index in [-0.39, 0.29) is 23.6 Å². The van der Waals surface area contributed by atoms with E-state index in [0.29, 0.717) is 39.5 Å². The first-order valence-corrected chi connectivity index (χ1v) is 11.7. The van der Waals surface area contributed by atoms with E-state index in [4.69, 9.17) is 9.47 Å². The molecular formula is C29H28FN3O4. The molecule has 0 atom stereocenters. The quantitative estimate of drug-likeness (QED) is 0.335. The number of fused-ring (bicyclic) bond motifs is 1. The van der Waals surface area contributed by atoms with Crippen molar-refractivity contribution in [3.63, 3.8) is 0 Å². The van der Waals surface area contributed by atoms with E-state index >= 15 is 0 Å². The third-order valence-electron chi connectivity index (χ3n) is 6.53. The van der Waals surface area contributed by atoms with Crippen LogP contribution in [0.15, 0.2) is 70.5 Å². The smallest absolute Gasteiger partial charge is 0.274 e. The molecule has 0 bridgehead atoms. The molecule has 0 fully saturated rings. The zero-order chi connectivity index (χ0) is 26.4. The van der Waals surface area contributed by atoms with Gasteiger partial charge in [0.1, 0.15) is 22.8 Å². The van der Waals surface area contributed by atoms with Gasteiger partial charge in [0.15, 0.2) is 5.75 Å². The topological polar surface area (TPSA) is 78.2 Å². The van der Waals surface area contributed by atoms with Gasteiger partial charge in [0, 0.05) is 55.6 Å². The summed E-state index contributed by atoms with van der Waals surface area (Å²) in [4.78, 5) is 28.9. The summed E-state index contributed by atoms with van der Waals surface area (Å²) in [7, 11) is 4.79. The first-order valence-electron chi connectivity index (χ1n) is 11.7. The normalized spacial score (nSPS) is 11.2. The number of aromatic amines is 1. The lowest BCUT2D eigenvalue weighted by Gasteiger charge is -2.17. The van der Waals surface area contributed by atoms with Crippen LogP contribution in [0.25, 0.3) is 33.3 Å². The lowest BCUT2D eigenvalue weighted by molar-refractivity contribution is 0.414. The Kier molecular flexibility index (Phi) is 5.95. The van der Waals surface area contributed by atoms with E-state index < -0.39 is 5.82 Å². The van der Waals surface area contributed by atoms with Crippen LogP contribution in [-0.4, -0.2) is 21.2 Å². The number of H-pyrrole nitrogens is 1. The number of halogens is 1. The molecule has 0 aliphatic rings. The highest BCUT2D eigenvalue weighted by Crippen LogP contribution is 2.39. The summed E-state index contributed by atoms with van der Waals surface area (Å²) >= 11 is 0. The van der Waals surface area contributed by atoms with Crippen molar-refractivity contribution in [2.45, 2.75) is 13.8 Å². The number of pyridine rings is 2. The SMILES string of the molecule is COc1ccc(F)c(-c2cc3c(-c4cc(=O)n(C)cc4Oc4c(C)cccc4C)cn(C)c(=O)c3[nH]2)c1.[HH]. The Morgan fingerprint density at radius 2 is 1.62 bits per heavy atom. The molecule has 3 aromatic heterocycles. The number of benzene rings is 2. The molecular weight excluding hydrogens is 473 g/mol. The zero-order valence-corrected chi connectivity index (χ0v) is 21.2. The molecule has 190 valence electrons. The molecule has 0 unspecified atom stereocenters. The molecule has 0 radical (unpaired) electrons. The number of para-hydroxylation sites is 1. The second-order valence-corrected chi connectivity index (χ2v) is 9.10. The summed E-state index contributed by atoms with van der Waals surface area (Å²) in [5, 5.41) is 0.542. The van der Waals surface area contributed by atoms with Crippen molar-refractivity contribution in [3.05, 3.63) is 98.6 Å². The molecule has 8 heteroatoms. The Balaban J connectivity index is 0.00000336. The number of hydrogen-bond donors (Lipinski definition) is 1. The lowest BCUT2D eigenvalue weighted by Crippen LogP contribution is -2.18. The molecule has 0 aliphatic carbocycles. The van der Waals surface area contributed by atoms with Gasteiger partial charge in [-0.25, -0.2) is 4.39 Å². The number of ether oxygens (including phenoxy) is 2. The zero-order valence-electron chi connectivity index (χ0n) is 21.2. The predicted octanol–water partition coefficient (Wildman–Crippen LogP) is 5.70. The van der Waals surface area contributed by atoms with Gasteiger partial charge in [0.2, 0.25) is 0 Å². The number of nitrogens with zero attached hydrogens (tertiary/aromatic N) is 2.